The highest BCUT2D eigenvalue weighted by Gasteiger charge is 2.35. The number of benzene rings is 3. The third-order valence-corrected chi connectivity index (χ3v) is 8.42. The molecule has 10 nitrogen and oxygen atoms in total. The summed E-state index contributed by atoms with van der Waals surface area (Å²) < 4.78 is 45.2. The van der Waals surface area contributed by atoms with E-state index >= 15 is 0 Å². The van der Waals surface area contributed by atoms with E-state index in [0.29, 0.717) is 23.7 Å². The number of ether oxygens (including phenoxy) is 3. The van der Waals surface area contributed by atoms with Crippen LogP contribution in [0.4, 0.5) is 5.69 Å². The van der Waals surface area contributed by atoms with Gasteiger partial charge in [-0.1, -0.05) is 37.3 Å². The van der Waals surface area contributed by atoms with Gasteiger partial charge >= 0.3 is 0 Å². The Kier molecular flexibility index (Phi) is 11.0. The molecule has 232 valence electrons. The van der Waals surface area contributed by atoms with Crippen molar-refractivity contribution in [3.8, 4) is 17.2 Å². The molecule has 43 heavy (non-hydrogen) atoms. The number of nitrogens with one attached hydrogen (secondary N) is 1. The molecule has 0 aliphatic rings. The van der Waals surface area contributed by atoms with Gasteiger partial charge in [-0.2, -0.15) is 0 Å². The van der Waals surface area contributed by atoms with Crippen LogP contribution < -0.4 is 23.8 Å². The highest BCUT2D eigenvalue weighted by molar-refractivity contribution is 7.92. The predicted octanol–water partition coefficient (Wildman–Crippen LogP) is 4.63. The minimum atomic E-state index is -4.22. The molecule has 0 radical (unpaired) electrons. The van der Waals surface area contributed by atoms with Gasteiger partial charge in [-0.05, 0) is 69.2 Å². The molecule has 0 aliphatic heterocycles. The summed E-state index contributed by atoms with van der Waals surface area (Å²) in [5.74, 6) is 0.391. The number of hydrogen-bond donors (Lipinski definition) is 1. The summed E-state index contributed by atoms with van der Waals surface area (Å²) in [6.45, 7) is 6.87. The van der Waals surface area contributed by atoms with Gasteiger partial charge in [-0.3, -0.25) is 13.9 Å². The maximum absolute atomic E-state index is 14.3. The third kappa shape index (κ3) is 8.41. The molecule has 0 saturated carbocycles. The van der Waals surface area contributed by atoms with E-state index in [1.807, 2.05) is 33.8 Å². The first-order chi connectivity index (χ1) is 20.3. The summed E-state index contributed by atoms with van der Waals surface area (Å²) in [5, 5.41) is 2.96. The maximum atomic E-state index is 14.3. The van der Waals surface area contributed by atoms with Crippen molar-refractivity contribution >= 4 is 27.5 Å². The first-order valence-electron chi connectivity index (χ1n) is 13.9. The smallest absolute Gasteiger partial charge is 0.264 e. The van der Waals surface area contributed by atoms with E-state index in [9.17, 15) is 18.0 Å². The van der Waals surface area contributed by atoms with E-state index < -0.39 is 34.1 Å². The minimum Gasteiger partial charge on any atom is -0.497 e. The molecule has 3 rings (SSSR count). The topological polar surface area (TPSA) is 114 Å². The van der Waals surface area contributed by atoms with Gasteiger partial charge in [0.1, 0.15) is 18.3 Å². The summed E-state index contributed by atoms with van der Waals surface area (Å²) in [5.41, 5.74) is 0.374. The lowest BCUT2D eigenvalue weighted by molar-refractivity contribution is -0.141. The van der Waals surface area contributed by atoms with Gasteiger partial charge in [0, 0.05) is 18.2 Å². The number of nitrogens with zero attached hydrogens (tertiary/aromatic N) is 2. The Hall–Kier alpha value is -4.25. The van der Waals surface area contributed by atoms with Crippen LogP contribution in [-0.4, -0.2) is 64.6 Å². The molecule has 0 bridgehead atoms. The second-order valence-corrected chi connectivity index (χ2v) is 12.8. The van der Waals surface area contributed by atoms with Gasteiger partial charge in [0.15, 0.2) is 11.5 Å². The fourth-order valence-electron chi connectivity index (χ4n) is 4.57. The molecule has 0 spiro atoms. The fraction of sp³-hybridized carbons (Fsp3) is 0.375. The van der Waals surface area contributed by atoms with E-state index in [0.717, 1.165) is 9.87 Å². The van der Waals surface area contributed by atoms with Gasteiger partial charge in [-0.25, -0.2) is 8.42 Å². The van der Waals surface area contributed by atoms with Gasteiger partial charge in [-0.15, -0.1) is 0 Å². The van der Waals surface area contributed by atoms with E-state index in [2.05, 4.69) is 5.32 Å². The highest BCUT2D eigenvalue weighted by atomic mass is 32.2. The Morgan fingerprint density at radius 2 is 1.53 bits per heavy atom. The normalized spacial score (nSPS) is 12.2. The molecule has 3 aromatic carbocycles. The molecule has 0 aliphatic carbocycles. The molecule has 0 aromatic heterocycles. The van der Waals surface area contributed by atoms with Crippen molar-refractivity contribution in [1.29, 1.82) is 0 Å². The Morgan fingerprint density at radius 1 is 0.860 bits per heavy atom. The molecule has 2 amide bonds. The molecule has 0 saturated heterocycles. The van der Waals surface area contributed by atoms with Crippen LogP contribution in [0.3, 0.4) is 0 Å². The molecule has 11 heteroatoms. The largest absolute Gasteiger partial charge is 0.497 e. The van der Waals surface area contributed by atoms with Crippen LogP contribution in [-0.2, 0) is 26.2 Å². The third-order valence-electron chi connectivity index (χ3n) is 6.64. The second-order valence-electron chi connectivity index (χ2n) is 10.9. The molecule has 1 atom stereocenters. The van der Waals surface area contributed by atoms with Crippen LogP contribution in [0.5, 0.6) is 17.2 Å². The Bertz CT molecular complexity index is 1500. The number of rotatable bonds is 13. The summed E-state index contributed by atoms with van der Waals surface area (Å²) in [6, 6.07) is 18.8. The number of anilines is 1. The van der Waals surface area contributed by atoms with Crippen LogP contribution in [0.1, 0.15) is 39.7 Å². The first-order valence-corrected chi connectivity index (χ1v) is 15.3. The molecule has 1 N–H and O–H groups in total. The Morgan fingerprint density at radius 3 is 2.12 bits per heavy atom. The number of sulfonamides is 1. The first kappa shape index (κ1) is 33.3. The van der Waals surface area contributed by atoms with E-state index in [1.165, 1.54) is 37.3 Å². The number of carbonyl (C=O) groups is 2. The monoisotopic (exact) mass is 611 g/mol. The predicted molar refractivity (Wildman–Crippen MR) is 166 cm³/mol. The summed E-state index contributed by atoms with van der Waals surface area (Å²) in [4.78, 5) is 29.2. The van der Waals surface area contributed by atoms with Crippen molar-refractivity contribution < 1.29 is 32.2 Å². The fourth-order valence-corrected chi connectivity index (χ4v) is 6.00. The van der Waals surface area contributed by atoms with Gasteiger partial charge in [0.25, 0.3) is 10.0 Å². The van der Waals surface area contributed by atoms with E-state index in [4.69, 9.17) is 14.2 Å². The minimum absolute atomic E-state index is 0.00875. The Labute approximate surface area is 254 Å². The maximum Gasteiger partial charge on any atom is 0.264 e. The van der Waals surface area contributed by atoms with E-state index in [1.54, 1.807) is 55.6 Å². The SMILES string of the molecule is CC[C@@H](C(=O)NC(C)(C)C)N(Cc1cccc(OC)c1)C(=O)CN(c1ccc(OC)c(OC)c1)S(=O)(=O)c1ccccc1. The molecule has 3 aromatic rings. The van der Waals surface area contributed by atoms with Crippen molar-refractivity contribution in [2.45, 2.75) is 57.1 Å². The van der Waals surface area contributed by atoms with Gasteiger partial charge in [0.05, 0.1) is 31.9 Å². The number of hydrogen-bond acceptors (Lipinski definition) is 7. The highest BCUT2D eigenvalue weighted by Crippen LogP contribution is 2.34. The van der Waals surface area contributed by atoms with Crippen molar-refractivity contribution in [1.82, 2.24) is 10.2 Å². The number of carbonyl (C=O) groups excluding carboxylic acids is 2. The second kappa shape index (κ2) is 14.3. The van der Waals surface area contributed by atoms with Crippen molar-refractivity contribution in [2.24, 2.45) is 0 Å². The molecule has 0 heterocycles. The van der Waals surface area contributed by atoms with Crippen LogP contribution in [0, 0.1) is 0 Å². The zero-order chi connectivity index (χ0) is 31.8. The van der Waals surface area contributed by atoms with Crippen molar-refractivity contribution in [3.05, 3.63) is 78.4 Å². The van der Waals surface area contributed by atoms with Crippen LogP contribution in [0.25, 0.3) is 0 Å². The summed E-state index contributed by atoms with van der Waals surface area (Å²) in [6.07, 6.45) is 0.305. The van der Waals surface area contributed by atoms with Crippen LogP contribution >= 0.6 is 0 Å². The lowest BCUT2D eigenvalue weighted by Gasteiger charge is -2.35. The average Bonchev–Trinajstić information content (AvgIpc) is 2.98. The lowest BCUT2D eigenvalue weighted by Crippen LogP contribution is -2.55. The summed E-state index contributed by atoms with van der Waals surface area (Å²) in [7, 11) is 0.240. The molecule has 0 unspecified atom stereocenters. The lowest BCUT2D eigenvalue weighted by atomic mass is 10.1. The van der Waals surface area contributed by atoms with Crippen LogP contribution in [0.15, 0.2) is 77.7 Å². The molecular weight excluding hydrogens is 570 g/mol. The van der Waals surface area contributed by atoms with Gasteiger partial charge < -0.3 is 24.4 Å². The van der Waals surface area contributed by atoms with Gasteiger partial charge in [0.2, 0.25) is 11.8 Å². The van der Waals surface area contributed by atoms with Crippen molar-refractivity contribution in [2.75, 3.05) is 32.2 Å². The molecular formula is C32H41N3O7S. The molecule has 0 fully saturated rings. The number of amides is 2. The number of methoxy groups -OCH3 is 3. The zero-order valence-corrected chi connectivity index (χ0v) is 26.6. The van der Waals surface area contributed by atoms with E-state index in [-0.39, 0.29) is 23.0 Å². The standard InChI is InChI=1S/C32H41N3O7S/c1-8-27(31(37)33-32(2,3)4)34(21-23-13-12-14-25(19-23)40-5)30(36)22-35(43(38,39)26-15-10-9-11-16-26)24-17-18-28(41-6)29(20-24)42-7/h9-20,27H,8,21-22H2,1-7H3,(H,33,37)/t27-/m0/s1. The average molecular weight is 612 g/mol. The Balaban J connectivity index is 2.13. The van der Waals surface area contributed by atoms with Crippen LogP contribution in [0.2, 0.25) is 0 Å². The van der Waals surface area contributed by atoms with Crippen molar-refractivity contribution in [3.63, 3.8) is 0 Å². The zero-order valence-electron chi connectivity index (χ0n) is 25.8. The summed E-state index contributed by atoms with van der Waals surface area (Å²) >= 11 is 0. The quantitative estimate of drug-likeness (QED) is 0.300.